The van der Waals surface area contributed by atoms with Gasteiger partial charge in [0.1, 0.15) is 24.1 Å². The van der Waals surface area contributed by atoms with Crippen molar-refractivity contribution in [2.75, 3.05) is 0 Å². The van der Waals surface area contributed by atoms with Gasteiger partial charge in [-0.1, -0.05) is 54.6 Å². The zero-order valence-electron chi connectivity index (χ0n) is 24.4. The van der Waals surface area contributed by atoms with Gasteiger partial charge in [0.15, 0.2) is 5.60 Å². The molecule has 3 amide bonds. The predicted octanol–water partition coefficient (Wildman–Crippen LogP) is 4.30. The van der Waals surface area contributed by atoms with Crippen molar-refractivity contribution >= 4 is 17.7 Å². The van der Waals surface area contributed by atoms with E-state index in [9.17, 15) is 14.4 Å². The average Bonchev–Trinajstić information content (AvgIpc) is 2.91. The zero-order valence-corrected chi connectivity index (χ0v) is 24.4. The first-order chi connectivity index (χ1) is 19.3. The van der Waals surface area contributed by atoms with Crippen molar-refractivity contribution < 1.29 is 23.9 Å². The van der Waals surface area contributed by atoms with Crippen LogP contribution in [0.4, 0.5) is 0 Å². The Hall–Kier alpha value is -4.33. The van der Waals surface area contributed by atoms with Gasteiger partial charge in [0.05, 0.1) is 6.42 Å². The molecule has 0 aliphatic carbocycles. The third kappa shape index (κ3) is 10.6. The number of primary amides is 1. The number of hydrogen-bond acceptors (Lipinski definition) is 5. The summed E-state index contributed by atoms with van der Waals surface area (Å²) in [6.07, 6.45) is 2.18. The fourth-order valence-electron chi connectivity index (χ4n) is 3.84. The first kappa shape index (κ1) is 31.2. The Kier molecular flexibility index (Phi) is 10.5. The number of nitrogens with one attached hydrogen (secondary N) is 2. The maximum absolute atomic E-state index is 13.1. The fraction of sp³-hybridized carbons (Fsp3) is 0.333. The van der Waals surface area contributed by atoms with Crippen LogP contribution in [-0.2, 0) is 33.8 Å². The lowest BCUT2D eigenvalue weighted by Gasteiger charge is -2.25. The predicted molar refractivity (Wildman–Crippen MR) is 159 cm³/mol. The van der Waals surface area contributed by atoms with Gasteiger partial charge >= 0.3 is 0 Å². The van der Waals surface area contributed by atoms with Crippen LogP contribution in [0.25, 0.3) is 0 Å². The lowest BCUT2D eigenvalue weighted by Crippen LogP contribution is -2.53. The second-order valence-corrected chi connectivity index (χ2v) is 11.5. The molecule has 0 saturated carbocycles. The summed E-state index contributed by atoms with van der Waals surface area (Å²) >= 11 is 0. The van der Waals surface area contributed by atoms with Crippen LogP contribution in [0.5, 0.6) is 11.5 Å². The molecule has 3 aromatic rings. The van der Waals surface area contributed by atoms with Gasteiger partial charge in [0.2, 0.25) is 11.8 Å². The van der Waals surface area contributed by atoms with Gasteiger partial charge in [-0.3, -0.25) is 14.4 Å². The number of rotatable bonds is 13. The highest BCUT2D eigenvalue weighted by molar-refractivity contribution is 5.91. The molecule has 0 bridgehead atoms. The van der Waals surface area contributed by atoms with Crippen LogP contribution < -0.4 is 25.8 Å². The molecule has 1 radical (unpaired) electrons. The molecule has 8 heteroatoms. The number of carbonyl (C=O) groups is 3. The number of carbonyl (C=O) groups excluding carboxylic acids is 3. The van der Waals surface area contributed by atoms with E-state index in [0.717, 1.165) is 22.4 Å². The third-order valence-electron chi connectivity index (χ3n) is 6.16. The Balaban J connectivity index is 1.58. The van der Waals surface area contributed by atoms with E-state index in [0.29, 0.717) is 25.2 Å². The maximum atomic E-state index is 13.1. The lowest BCUT2D eigenvalue weighted by atomic mass is 10.0. The monoisotopic (exact) mass is 558 g/mol. The second-order valence-electron chi connectivity index (χ2n) is 11.5. The summed E-state index contributed by atoms with van der Waals surface area (Å²) in [6.45, 7) is 9.35. The van der Waals surface area contributed by atoms with Crippen molar-refractivity contribution in [1.29, 1.82) is 0 Å². The van der Waals surface area contributed by atoms with Crippen LogP contribution in [-0.4, -0.2) is 34.9 Å². The van der Waals surface area contributed by atoms with E-state index < -0.39 is 23.1 Å². The van der Waals surface area contributed by atoms with Gasteiger partial charge in [-0.2, -0.15) is 0 Å². The molecule has 0 aromatic heterocycles. The molecule has 0 heterocycles. The SMILES string of the molecule is CC(C)(C)NC(=O)C(Cc1ccc(OCc2ccccc2)cc1)NC(=O)[CH]Cc1ccc(OC(C)(C)C(N)=O)cc1. The standard InChI is InChI=1S/C33H40N3O5/c1-32(2,3)36-30(38)28(21-24-13-16-26(17-14-24)40-22-25-9-7-6-8-10-25)35-29(37)20-15-23-11-18-27(19-12-23)41-33(4,5)31(34)39/h6-14,16-20,28H,15,21-22H2,1-5H3,(H2,34,39)(H,35,37)(H,36,38). The van der Waals surface area contributed by atoms with E-state index in [2.05, 4.69) is 10.6 Å². The Morgan fingerprint density at radius 1 is 0.805 bits per heavy atom. The van der Waals surface area contributed by atoms with E-state index in [1.165, 1.54) is 6.42 Å². The van der Waals surface area contributed by atoms with Crippen molar-refractivity contribution in [1.82, 2.24) is 10.6 Å². The van der Waals surface area contributed by atoms with Gasteiger partial charge in [-0.15, -0.1) is 0 Å². The molecule has 3 aromatic carbocycles. The van der Waals surface area contributed by atoms with Gasteiger partial charge in [0.25, 0.3) is 5.91 Å². The molecule has 0 aliphatic heterocycles. The number of amides is 3. The van der Waals surface area contributed by atoms with E-state index >= 15 is 0 Å². The summed E-state index contributed by atoms with van der Waals surface area (Å²) in [5, 5.41) is 5.82. The highest BCUT2D eigenvalue weighted by Crippen LogP contribution is 2.20. The summed E-state index contributed by atoms with van der Waals surface area (Å²) < 4.78 is 11.5. The van der Waals surface area contributed by atoms with Crippen LogP contribution >= 0.6 is 0 Å². The van der Waals surface area contributed by atoms with Crippen LogP contribution in [0.3, 0.4) is 0 Å². The summed E-state index contributed by atoms with van der Waals surface area (Å²) in [4.78, 5) is 37.4. The smallest absolute Gasteiger partial charge is 0.261 e. The number of ether oxygens (including phenoxy) is 2. The first-order valence-corrected chi connectivity index (χ1v) is 13.6. The van der Waals surface area contributed by atoms with Gasteiger partial charge in [-0.25, -0.2) is 0 Å². The van der Waals surface area contributed by atoms with Crippen molar-refractivity contribution in [3.05, 3.63) is 102 Å². The minimum Gasteiger partial charge on any atom is -0.489 e. The van der Waals surface area contributed by atoms with Crippen molar-refractivity contribution in [2.24, 2.45) is 5.73 Å². The van der Waals surface area contributed by atoms with Crippen molar-refractivity contribution in [2.45, 2.75) is 71.2 Å². The van der Waals surface area contributed by atoms with Crippen molar-refractivity contribution in [3.8, 4) is 11.5 Å². The summed E-state index contributed by atoms with van der Waals surface area (Å²) in [5.74, 6) is 0.0425. The fourth-order valence-corrected chi connectivity index (χ4v) is 3.84. The molecule has 1 atom stereocenters. The van der Waals surface area contributed by atoms with Crippen LogP contribution in [0.2, 0.25) is 0 Å². The highest BCUT2D eigenvalue weighted by Gasteiger charge is 2.27. The Labute approximate surface area is 242 Å². The summed E-state index contributed by atoms with van der Waals surface area (Å²) in [6, 6.07) is 23.7. The summed E-state index contributed by atoms with van der Waals surface area (Å²) in [7, 11) is 0. The number of benzene rings is 3. The number of hydrogen-bond donors (Lipinski definition) is 3. The van der Waals surface area contributed by atoms with Crippen LogP contribution in [0.15, 0.2) is 78.9 Å². The topological polar surface area (TPSA) is 120 Å². The zero-order chi connectivity index (χ0) is 30.0. The summed E-state index contributed by atoms with van der Waals surface area (Å²) in [5.41, 5.74) is 6.61. The van der Waals surface area contributed by atoms with E-state index in [4.69, 9.17) is 15.2 Å². The van der Waals surface area contributed by atoms with E-state index in [1.807, 2.05) is 75.4 Å². The largest absolute Gasteiger partial charge is 0.489 e. The molecule has 217 valence electrons. The van der Waals surface area contributed by atoms with Crippen LogP contribution in [0, 0.1) is 6.42 Å². The highest BCUT2D eigenvalue weighted by atomic mass is 16.5. The Bertz CT molecular complexity index is 1300. The average molecular weight is 559 g/mol. The minimum atomic E-state index is -1.13. The molecule has 3 rings (SSSR count). The Morgan fingerprint density at radius 2 is 1.39 bits per heavy atom. The Morgan fingerprint density at radius 3 is 1.98 bits per heavy atom. The minimum absolute atomic E-state index is 0.262. The van der Waals surface area contributed by atoms with Gasteiger partial charge < -0.3 is 25.8 Å². The lowest BCUT2D eigenvalue weighted by molar-refractivity contribution is -0.130. The number of nitrogens with two attached hydrogens (primary N) is 1. The second kappa shape index (κ2) is 13.8. The third-order valence-corrected chi connectivity index (χ3v) is 6.16. The van der Waals surface area contributed by atoms with Crippen molar-refractivity contribution in [3.63, 3.8) is 0 Å². The molecular weight excluding hydrogens is 518 g/mol. The molecule has 0 saturated heterocycles. The van der Waals surface area contributed by atoms with Gasteiger partial charge in [-0.05, 0) is 82.0 Å². The molecule has 4 N–H and O–H groups in total. The molecule has 8 nitrogen and oxygen atoms in total. The van der Waals surface area contributed by atoms with E-state index in [1.54, 1.807) is 38.1 Å². The maximum Gasteiger partial charge on any atom is 0.261 e. The molecule has 0 aliphatic rings. The molecule has 0 spiro atoms. The molecule has 1 unspecified atom stereocenters. The molecule has 0 fully saturated rings. The quantitative estimate of drug-likeness (QED) is 0.289. The normalized spacial score (nSPS) is 12.2. The first-order valence-electron chi connectivity index (χ1n) is 13.6. The van der Waals surface area contributed by atoms with Crippen LogP contribution in [0.1, 0.15) is 51.3 Å². The molecular formula is C33H40N3O5. The van der Waals surface area contributed by atoms with Gasteiger partial charge in [0, 0.05) is 12.0 Å². The molecule has 41 heavy (non-hydrogen) atoms. The van der Waals surface area contributed by atoms with E-state index in [-0.39, 0.29) is 11.8 Å².